The van der Waals surface area contributed by atoms with Gasteiger partial charge in [0.2, 0.25) is 0 Å². The van der Waals surface area contributed by atoms with Crippen molar-refractivity contribution in [1.29, 1.82) is 0 Å². The largest absolute Gasteiger partial charge is 0.491 e. The number of hydrogen-bond acceptors (Lipinski definition) is 3. The van der Waals surface area contributed by atoms with Gasteiger partial charge in [-0.1, -0.05) is 60.8 Å². The molecule has 142 valence electrons. The van der Waals surface area contributed by atoms with Gasteiger partial charge >= 0.3 is 0 Å². The van der Waals surface area contributed by atoms with Crippen molar-refractivity contribution in [3.05, 3.63) is 64.1 Å². The number of ether oxygens (including phenoxy) is 1. The van der Waals surface area contributed by atoms with Crippen LogP contribution in [0.15, 0.2) is 48.5 Å². The molecule has 26 heavy (non-hydrogen) atoms. The summed E-state index contributed by atoms with van der Waals surface area (Å²) in [5.41, 5.74) is 1.15. The maximum Gasteiger partial charge on any atom is 0.119 e. The number of hydrogen-bond donors (Lipinski definition) is 1. The van der Waals surface area contributed by atoms with Crippen molar-refractivity contribution < 1.29 is 9.84 Å². The summed E-state index contributed by atoms with van der Waals surface area (Å²) >= 11 is 12.1. The number of unbranched alkanes of at least 4 members (excludes halogenated alkanes) is 1. The van der Waals surface area contributed by atoms with Crippen LogP contribution < -0.4 is 4.74 Å². The number of aliphatic hydroxyl groups is 1. The topological polar surface area (TPSA) is 32.7 Å². The Bertz CT molecular complexity index is 652. The first-order valence-corrected chi connectivity index (χ1v) is 9.86. The molecule has 0 saturated heterocycles. The Morgan fingerprint density at radius 1 is 1.04 bits per heavy atom. The maximum atomic E-state index is 10.4. The lowest BCUT2D eigenvalue weighted by molar-refractivity contribution is 0.0680. The fourth-order valence-electron chi connectivity index (χ4n) is 2.72. The highest BCUT2D eigenvalue weighted by molar-refractivity contribution is 6.42. The Kier molecular flexibility index (Phi) is 9.27. The SMILES string of the molecule is CCCCN(CCc1ccc(Cl)c(Cl)c1)C[C@H](O)COc1ccccc1. The van der Waals surface area contributed by atoms with Crippen LogP contribution in [0.25, 0.3) is 0 Å². The van der Waals surface area contributed by atoms with E-state index in [1.54, 1.807) is 0 Å². The van der Waals surface area contributed by atoms with Crippen molar-refractivity contribution in [2.75, 3.05) is 26.2 Å². The third kappa shape index (κ3) is 7.55. The normalized spacial score (nSPS) is 12.3. The zero-order valence-electron chi connectivity index (χ0n) is 15.2. The molecule has 0 unspecified atom stereocenters. The molecule has 0 spiro atoms. The third-order valence-electron chi connectivity index (χ3n) is 4.18. The van der Waals surface area contributed by atoms with Crippen molar-refractivity contribution >= 4 is 23.2 Å². The molecule has 0 bridgehead atoms. The second-order valence-corrected chi connectivity index (χ2v) is 7.24. The minimum atomic E-state index is -0.527. The molecular formula is C21H27Cl2NO2. The second-order valence-electron chi connectivity index (χ2n) is 6.43. The smallest absolute Gasteiger partial charge is 0.119 e. The van der Waals surface area contributed by atoms with E-state index in [0.29, 0.717) is 23.2 Å². The Balaban J connectivity index is 1.83. The summed E-state index contributed by atoms with van der Waals surface area (Å²) < 4.78 is 5.66. The highest BCUT2D eigenvalue weighted by Crippen LogP contribution is 2.23. The fraction of sp³-hybridized carbons (Fsp3) is 0.429. The number of nitrogens with zero attached hydrogens (tertiary/aromatic N) is 1. The summed E-state index contributed by atoms with van der Waals surface area (Å²) in [5, 5.41) is 11.5. The summed E-state index contributed by atoms with van der Waals surface area (Å²) in [6.07, 6.45) is 2.57. The molecule has 3 nitrogen and oxygen atoms in total. The average molecular weight is 396 g/mol. The van der Waals surface area contributed by atoms with E-state index in [2.05, 4.69) is 11.8 Å². The maximum absolute atomic E-state index is 10.4. The van der Waals surface area contributed by atoms with Crippen molar-refractivity contribution in [1.82, 2.24) is 4.90 Å². The monoisotopic (exact) mass is 395 g/mol. The van der Waals surface area contributed by atoms with E-state index in [0.717, 1.165) is 43.7 Å². The van der Waals surface area contributed by atoms with Crippen LogP contribution in [0.3, 0.4) is 0 Å². The lowest BCUT2D eigenvalue weighted by atomic mass is 10.1. The molecule has 0 aromatic heterocycles. The number of benzene rings is 2. The summed E-state index contributed by atoms with van der Waals surface area (Å²) in [5.74, 6) is 0.780. The molecule has 2 aromatic carbocycles. The van der Waals surface area contributed by atoms with Crippen LogP contribution >= 0.6 is 23.2 Å². The Morgan fingerprint density at radius 2 is 1.81 bits per heavy atom. The van der Waals surface area contributed by atoms with Gasteiger partial charge in [-0.25, -0.2) is 0 Å². The quantitative estimate of drug-likeness (QED) is 0.575. The zero-order valence-corrected chi connectivity index (χ0v) is 16.7. The highest BCUT2D eigenvalue weighted by atomic mass is 35.5. The fourth-order valence-corrected chi connectivity index (χ4v) is 3.04. The van der Waals surface area contributed by atoms with Gasteiger partial charge in [-0.15, -0.1) is 0 Å². The molecule has 0 aliphatic rings. The van der Waals surface area contributed by atoms with E-state index in [1.165, 1.54) is 0 Å². The molecule has 0 saturated carbocycles. The predicted octanol–water partition coefficient (Wildman–Crippen LogP) is 5.08. The zero-order chi connectivity index (χ0) is 18.8. The van der Waals surface area contributed by atoms with E-state index in [9.17, 15) is 5.11 Å². The van der Waals surface area contributed by atoms with Gasteiger partial charge in [-0.3, -0.25) is 0 Å². The number of halogens is 2. The second kappa shape index (κ2) is 11.5. The van der Waals surface area contributed by atoms with Gasteiger partial charge in [0.25, 0.3) is 0 Å². The van der Waals surface area contributed by atoms with Crippen LogP contribution in [0.5, 0.6) is 5.75 Å². The summed E-state index contributed by atoms with van der Waals surface area (Å²) in [6.45, 7) is 4.88. The van der Waals surface area contributed by atoms with Crippen LogP contribution in [0.4, 0.5) is 0 Å². The first-order valence-electron chi connectivity index (χ1n) is 9.10. The Labute approximate surface area is 166 Å². The predicted molar refractivity (Wildman–Crippen MR) is 109 cm³/mol. The van der Waals surface area contributed by atoms with Crippen molar-refractivity contribution in [2.24, 2.45) is 0 Å². The molecule has 0 fully saturated rings. The van der Waals surface area contributed by atoms with Crippen molar-refractivity contribution in [2.45, 2.75) is 32.3 Å². The van der Waals surface area contributed by atoms with Crippen molar-refractivity contribution in [3.8, 4) is 5.75 Å². The molecule has 2 rings (SSSR count). The summed E-state index contributed by atoms with van der Waals surface area (Å²) in [4.78, 5) is 2.28. The van der Waals surface area contributed by atoms with E-state index < -0.39 is 6.10 Å². The summed E-state index contributed by atoms with van der Waals surface area (Å²) in [6, 6.07) is 15.3. The molecule has 0 aliphatic carbocycles. The molecular weight excluding hydrogens is 369 g/mol. The first kappa shape index (κ1) is 21.0. The van der Waals surface area contributed by atoms with Gasteiger partial charge in [0, 0.05) is 13.1 Å². The van der Waals surface area contributed by atoms with Gasteiger partial charge in [0.15, 0.2) is 0 Å². The molecule has 5 heteroatoms. The lowest BCUT2D eigenvalue weighted by Crippen LogP contribution is -2.37. The van der Waals surface area contributed by atoms with Crippen LogP contribution in [0.1, 0.15) is 25.3 Å². The molecule has 0 amide bonds. The van der Waals surface area contributed by atoms with Crippen LogP contribution in [-0.2, 0) is 6.42 Å². The van der Waals surface area contributed by atoms with Crippen LogP contribution in [-0.4, -0.2) is 42.4 Å². The van der Waals surface area contributed by atoms with E-state index >= 15 is 0 Å². The van der Waals surface area contributed by atoms with Crippen LogP contribution in [0, 0.1) is 0 Å². The van der Waals surface area contributed by atoms with Gasteiger partial charge in [-0.2, -0.15) is 0 Å². The molecule has 0 radical (unpaired) electrons. The molecule has 2 aromatic rings. The van der Waals surface area contributed by atoms with E-state index in [-0.39, 0.29) is 0 Å². The molecule has 1 atom stereocenters. The lowest BCUT2D eigenvalue weighted by Gasteiger charge is -2.25. The van der Waals surface area contributed by atoms with Gasteiger partial charge in [0.05, 0.1) is 10.0 Å². The standard InChI is InChI=1S/C21H27Cl2NO2/c1-2-3-12-24(13-11-17-9-10-20(22)21(23)14-17)15-18(25)16-26-19-7-5-4-6-8-19/h4-10,14,18,25H,2-3,11-13,15-16H2,1H3/t18-/m0/s1. The third-order valence-corrected chi connectivity index (χ3v) is 4.92. The molecule has 1 N–H and O–H groups in total. The number of rotatable bonds is 11. The minimum Gasteiger partial charge on any atom is -0.491 e. The summed E-state index contributed by atoms with van der Waals surface area (Å²) in [7, 11) is 0. The van der Waals surface area contributed by atoms with Crippen molar-refractivity contribution in [3.63, 3.8) is 0 Å². The molecule has 0 heterocycles. The van der Waals surface area contributed by atoms with Gasteiger partial charge < -0.3 is 14.7 Å². The first-order chi connectivity index (χ1) is 12.6. The van der Waals surface area contributed by atoms with Gasteiger partial charge in [-0.05, 0) is 49.2 Å². The van der Waals surface area contributed by atoms with E-state index in [1.807, 2.05) is 48.5 Å². The Hall–Kier alpha value is -1.26. The highest BCUT2D eigenvalue weighted by Gasteiger charge is 2.13. The Morgan fingerprint density at radius 3 is 2.50 bits per heavy atom. The van der Waals surface area contributed by atoms with Crippen LogP contribution in [0.2, 0.25) is 10.0 Å². The average Bonchev–Trinajstić information content (AvgIpc) is 2.65. The number of aliphatic hydroxyl groups excluding tert-OH is 1. The minimum absolute atomic E-state index is 0.291. The molecule has 0 aliphatic heterocycles. The number of para-hydroxylation sites is 1. The van der Waals surface area contributed by atoms with E-state index in [4.69, 9.17) is 27.9 Å². The van der Waals surface area contributed by atoms with Gasteiger partial charge in [0.1, 0.15) is 18.5 Å².